The van der Waals surface area contributed by atoms with E-state index >= 15 is 0 Å². The Hall–Kier alpha value is -0.740. The normalized spacial score (nSPS) is 10.4. The van der Waals surface area contributed by atoms with Crippen molar-refractivity contribution in [2.45, 2.75) is 4.90 Å². The highest BCUT2D eigenvalue weighted by molar-refractivity contribution is 9.10. The molecule has 0 N–H and O–H groups in total. The van der Waals surface area contributed by atoms with Crippen molar-refractivity contribution in [2.75, 3.05) is 7.11 Å². The predicted molar refractivity (Wildman–Crippen MR) is 61.2 cm³/mol. The van der Waals surface area contributed by atoms with Gasteiger partial charge in [0, 0.05) is 15.4 Å². The molecule has 4 heteroatoms. The van der Waals surface area contributed by atoms with E-state index in [1.54, 1.807) is 5.41 Å². The number of hydrogen-bond acceptors (Lipinski definition) is 3. The smallest absolute Gasteiger partial charge is 0.330 e. The van der Waals surface area contributed by atoms with Crippen LogP contribution in [0.1, 0.15) is 0 Å². The molecule has 0 heterocycles. The number of thioether (sulfide) groups is 1. The topological polar surface area (TPSA) is 26.3 Å². The third-order valence-corrected chi connectivity index (χ3v) is 2.70. The van der Waals surface area contributed by atoms with Crippen molar-refractivity contribution in [1.82, 2.24) is 0 Å². The molecule has 1 aromatic carbocycles. The fraction of sp³-hybridized carbons (Fsp3) is 0.100. The second-order valence-corrected chi connectivity index (χ2v) is 4.30. The van der Waals surface area contributed by atoms with E-state index in [4.69, 9.17) is 0 Å². The van der Waals surface area contributed by atoms with E-state index in [-0.39, 0.29) is 5.97 Å². The van der Waals surface area contributed by atoms with Crippen LogP contribution in [0.5, 0.6) is 0 Å². The van der Waals surface area contributed by atoms with Crippen LogP contribution in [-0.4, -0.2) is 13.1 Å². The molecule has 0 radical (unpaired) electrons. The maximum absolute atomic E-state index is 10.7. The van der Waals surface area contributed by atoms with Crippen LogP contribution in [0.15, 0.2) is 45.1 Å². The molecule has 0 aliphatic heterocycles. The number of rotatable bonds is 3. The van der Waals surface area contributed by atoms with Gasteiger partial charge in [-0.2, -0.15) is 0 Å². The first kappa shape index (κ1) is 11.3. The van der Waals surface area contributed by atoms with E-state index in [9.17, 15) is 4.79 Å². The van der Waals surface area contributed by atoms with Crippen molar-refractivity contribution in [1.29, 1.82) is 0 Å². The van der Waals surface area contributed by atoms with E-state index in [1.807, 2.05) is 24.3 Å². The third-order valence-electron chi connectivity index (χ3n) is 1.41. The van der Waals surface area contributed by atoms with Crippen LogP contribution in [0, 0.1) is 0 Å². The van der Waals surface area contributed by atoms with Gasteiger partial charge in [-0.25, -0.2) is 4.79 Å². The fourth-order valence-electron chi connectivity index (χ4n) is 0.776. The lowest BCUT2D eigenvalue weighted by Gasteiger charge is -1.96. The van der Waals surface area contributed by atoms with Gasteiger partial charge >= 0.3 is 5.97 Å². The number of carbonyl (C=O) groups excluding carboxylic acids is 1. The number of methoxy groups -OCH3 is 1. The highest BCUT2D eigenvalue weighted by Crippen LogP contribution is 2.22. The Labute approximate surface area is 95.5 Å². The first-order valence-electron chi connectivity index (χ1n) is 3.89. The second-order valence-electron chi connectivity index (χ2n) is 2.40. The number of carbonyl (C=O) groups is 1. The van der Waals surface area contributed by atoms with Gasteiger partial charge < -0.3 is 4.74 Å². The Morgan fingerprint density at radius 2 is 2.36 bits per heavy atom. The fourth-order valence-corrected chi connectivity index (χ4v) is 2.02. The zero-order chi connectivity index (χ0) is 10.4. The lowest BCUT2D eigenvalue weighted by Crippen LogP contribution is -1.92. The molecule has 0 amide bonds. The molecule has 1 rings (SSSR count). The zero-order valence-electron chi connectivity index (χ0n) is 7.57. The van der Waals surface area contributed by atoms with Gasteiger partial charge in [-0.05, 0) is 23.6 Å². The summed E-state index contributed by atoms with van der Waals surface area (Å²) in [6, 6.07) is 7.84. The van der Waals surface area contributed by atoms with Gasteiger partial charge in [0.25, 0.3) is 0 Å². The van der Waals surface area contributed by atoms with Crippen LogP contribution in [0.25, 0.3) is 0 Å². The van der Waals surface area contributed by atoms with Gasteiger partial charge in [-0.3, -0.25) is 0 Å². The number of esters is 1. The summed E-state index contributed by atoms with van der Waals surface area (Å²) in [7, 11) is 1.36. The molecule has 0 atom stereocenters. The first-order valence-corrected chi connectivity index (χ1v) is 5.56. The van der Waals surface area contributed by atoms with Crippen molar-refractivity contribution in [2.24, 2.45) is 0 Å². The zero-order valence-corrected chi connectivity index (χ0v) is 9.97. The molecule has 2 nitrogen and oxygen atoms in total. The standard InChI is InChI=1S/C10H9BrO2S/c1-13-10(12)5-6-14-9-4-2-3-8(11)7-9/h2-7H,1H3. The maximum Gasteiger partial charge on any atom is 0.330 e. The summed E-state index contributed by atoms with van der Waals surface area (Å²) in [6.45, 7) is 0. The van der Waals surface area contributed by atoms with Crippen LogP contribution < -0.4 is 0 Å². The largest absolute Gasteiger partial charge is 0.466 e. The molecular formula is C10H9BrO2S. The Morgan fingerprint density at radius 1 is 1.57 bits per heavy atom. The molecule has 0 saturated carbocycles. The van der Waals surface area contributed by atoms with Crippen molar-refractivity contribution in [3.63, 3.8) is 0 Å². The molecule has 0 fully saturated rings. The molecule has 0 bridgehead atoms. The third kappa shape index (κ3) is 3.98. The lowest BCUT2D eigenvalue weighted by atomic mass is 10.4. The van der Waals surface area contributed by atoms with Crippen molar-refractivity contribution < 1.29 is 9.53 Å². The quantitative estimate of drug-likeness (QED) is 0.480. The molecule has 0 aliphatic rings. The summed E-state index contributed by atoms with van der Waals surface area (Å²) < 4.78 is 5.49. The summed E-state index contributed by atoms with van der Waals surface area (Å²) in [4.78, 5) is 11.8. The molecule has 0 aliphatic carbocycles. The Kier molecular flexibility index (Phi) is 4.76. The molecule has 74 valence electrons. The number of ether oxygens (including phenoxy) is 1. The summed E-state index contributed by atoms with van der Waals surface area (Å²) in [5.41, 5.74) is 0. The van der Waals surface area contributed by atoms with Gasteiger partial charge in [-0.1, -0.05) is 33.8 Å². The van der Waals surface area contributed by atoms with E-state index < -0.39 is 0 Å². The van der Waals surface area contributed by atoms with Crippen LogP contribution in [0.3, 0.4) is 0 Å². The van der Waals surface area contributed by atoms with E-state index in [1.165, 1.54) is 24.9 Å². The van der Waals surface area contributed by atoms with Gasteiger partial charge in [0.1, 0.15) is 0 Å². The Bertz CT molecular complexity index is 350. The molecular weight excluding hydrogens is 264 g/mol. The Morgan fingerprint density at radius 3 is 3.00 bits per heavy atom. The molecule has 0 spiro atoms. The highest BCUT2D eigenvalue weighted by atomic mass is 79.9. The lowest BCUT2D eigenvalue weighted by molar-refractivity contribution is -0.134. The van der Waals surface area contributed by atoms with Crippen LogP contribution in [-0.2, 0) is 9.53 Å². The van der Waals surface area contributed by atoms with Crippen molar-refractivity contribution >= 4 is 33.7 Å². The molecule has 0 saturated heterocycles. The number of halogens is 1. The second kappa shape index (κ2) is 5.88. The monoisotopic (exact) mass is 272 g/mol. The van der Waals surface area contributed by atoms with E-state index in [0.29, 0.717) is 0 Å². The van der Waals surface area contributed by atoms with Crippen LogP contribution in [0.4, 0.5) is 0 Å². The SMILES string of the molecule is COC(=O)C=CSc1cccc(Br)c1. The summed E-state index contributed by atoms with van der Waals surface area (Å²) in [6.07, 6.45) is 1.39. The van der Waals surface area contributed by atoms with Crippen molar-refractivity contribution in [3.8, 4) is 0 Å². The minimum atomic E-state index is -0.340. The van der Waals surface area contributed by atoms with Gasteiger partial charge in [0.15, 0.2) is 0 Å². The highest BCUT2D eigenvalue weighted by Gasteiger charge is 1.93. The van der Waals surface area contributed by atoms with E-state index in [2.05, 4.69) is 20.7 Å². The number of benzene rings is 1. The minimum Gasteiger partial charge on any atom is -0.466 e. The molecule has 1 aromatic rings. The average Bonchev–Trinajstić information content (AvgIpc) is 2.17. The van der Waals surface area contributed by atoms with Gasteiger partial charge in [-0.15, -0.1) is 0 Å². The summed E-state index contributed by atoms with van der Waals surface area (Å²) >= 11 is 4.83. The van der Waals surface area contributed by atoms with Crippen LogP contribution in [0.2, 0.25) is 0 Å². The molecule has 14 heavy (non-hydrogen) atoms. The Balaban J connectivity index is 2.53. The van der Waals surface area contributed by atoms with Gasteiger partial charge in [0.05, 0.1) is 7.11 Å². The minimum absolute atomic E-state index is 0.340. The first-order chi connectivity index (χ1) is 6.72. The average molecular weight is 273 g/mol. The number of hydrogen-bond donors (Lipinski definition) is 0. The maximum atomic E-state index is 10.7. The van der Waals surface area contributed by atoms with Gasteiger partial charge in [0.2, 0.25) is 0 Å². The van der Waals surface area contributed by atoms with Crippen molar-refractivity contribution in [3.05, 3.63) is 40.2 Å². The molecule has 0 unspecified atom stereocenters. The summed E-state index contributed by atoms with van der Waals surface area (Å²) in [5.74, 6) is -0.340. The van der Waals surface area contributed by atoms with Crippen LogP contribution >= 0.6 is 27.7 Å². The molecule has 0 aromatic heterocycles. The van der Waals surface area contributed by atoms with E-state index in [0.717, 1.165) is 9.37 Å². The summed E-state index contributed by atoms with van der Waals surface area (Å²) in [5, 5.41) is 1.70. The predicted octanol–water partition coefficient (Wildman–Crippen LogP) is 3.23.